The molecule has 128 valence electrons. The fourth-order valence-corrected chi connectivity index (χ4v) is 3.57. The zero-order chi connectivity index (χ0) is 16.7. The van der Waals surface area contributed by atoms with Crippen LogP contribution in [0.15, 0.2) is 30.3 Å². The summed E-state index contributed by atoms with van der Waals surface area (Å²) in [5.74, 6) is 0.924. The number of thioether (sulfide) groups is 1. The summed E-state index contributed by atoms with van der Waals surface area (Å²) in [5, 5.41) is 2.69. The Morgan fingerprint density at radius 3 is 2.48 bits per heavy atom. The lowest BCUT2D eigenvalue weighted by Crippen LogP contribution is -2.41. The molecule has 0 bridgehead atoms. The van der Waals surface area contributed by atoms with Gasteiger partial charge in [-0.2, -0.15) is 0 Å². The van der Waals surface area contributed by atoms with Crippen molar-refractivity contribution in [2.75, 3.05) is 5.75 Å². The number of hydrogen-bond acceptors (Lipinski definition) is 4. The summed E-state index contributed by atoms with van der Waals surface area (Å²) < 4.78 is 11.7. The number of benzene rings is 1. The van der Waals surface area contributed by atoms with Crippen LogP contribution in [0.2, 0.25) is 0 Å². The standard InChI is InChI=1S/C18H27NO3S/c1-4-5-11-23-16(18-21-13(2)14(3)22-18)17(20)19-12-15-9-7-6-8-10-15/h6-10,13-14,16,18H,4-5,11-12H2,1-3H3,(H,19,20)/t13-,14-,16?/m0/s1. The molecule has 0 saturated carbocycles. The van der Waals surface area contributed by atoms with Gasteiger partial charge in [-0.3, -0.25) is 4.79 Å². The summed E-state index contributed by atoms with van der Waals surface area (Å²) in [4.78, 5) is 12.6. The van der Waals surface area contributed by atoms with Gasteiger partial charge in [0.2, 0.25) is 5.91 Å². The van der Waals surface area contributed by atoms with Crippen LogP contribution in [0, 0.1) is 0 Å². The molecule has 1 amide bonds. The molecule has 0 spiro atoms. The van der Waals surface area contributed by atoms with Crippen LogP contribution in [0.5, 0.6) is 0 Å². The highest BCUT2D eigenvalue weighted by Gasteiger charge is 2.39. The summed E-state index contributed by atoms with van der Waals surface area (Å²) >= 11 is 1.63. The first-order valence-corrected chi connectivity index (χ1v) is 9.41. The van der Waals surface area contributed by atoms with E-state index in [1.54, 1.807) is 11.8 Å². The maximum atomic E-state index is 12.6. The number of rotatable bonds is 8. The van der Waals surface area contributed by atoms with Gasteiger partial charge in [0.15, 0.2) is 6.29 Å². The van der Waals surface area contributed by atoms with Crippen molar-refractivity contribution in [2.45, 2.75) is 63.9 Å². The van der Waals surface area contributed by atoms with Crippen LogP contribution in [0.25, 0.3) is 0 Å². The Morgan fingerprint density at radius 2 is 1.87 bits per heavy atom. The van der Waals surface area contributed by atoms with E-state index in [0.29, 0.717) is 6.54 Å². The van der Waals surface area contributed by atoms with Gasteiger partial charge in [-0.25, -0.2) is 0 Å². The van der Waals surface area contributed by atoms with E-state index in [4.69, 9.17) is 9.47 Å². The lowest BCUT2D eigenvalue weighted by Gasteiger charge is -2.21. The predicted octanol–water partition coefficient (Wildman–Crippen LogP) is 3.35. The second-order valence-corrected chi connectivity index (χ2v) is 7.15. The van der Waals surface area contributed by atoms with Crippen LogP contribution in [-0.4, -0.2) is 35.4 Å². The molecular weight excluding hydrogens is 310 g/mol. The Bertz CT molecular complexity index is 472. The molecule has 5 heteroatoms. The second-order valence-electron chi connectivity index (χ2n) is 5.90. The Labute approximate surface area is 143 Å². The van der Waals surface area contributed by atoms with Gasteiger partial charge < -0.3 is 14.8 Å². The Morgan fingerprint density at radius 1 is 1.22 bits per heavy atom. The highest BCUT2D eigenvalue weighted by Crippen LogP contribution is 2.28. The number of amides is 1. The molecule has 1 saturated heterocycles. The number of unbranched alkanes of at least 4 members (excludes halogenated alkanes) is 1. The Balaban J connectivity index is 1.93. The highest BCUT2D eigenvalue weighted by molar-refractivity contribution is 8.00. The number of ether oxygens (including phenoxy) is 2. The number of nitrogens with one attached hydrogen (secondary N) is 1. The van der Waals surface area contributed by atoms with E-state index in [0.717, 1.165) is 24.2 Å². The average molecular weight is 337 g/mol. The fourth-order valence-electron chi connectivity index (χ4n) is 2.34. The zero-order valence-corrected chi connectivity index (χ0v) is 15.0. The highest BCUT2D eigenvalue weighted by atomic mass is 32.2. The summed E-state index contributed by atoms with van der Waals surface area (Å²) in [6.45, 7) is 6.65. The van der Waals surface area contributed by atoms with Gasteiger partial charge >= 0.3 is 0 Å². The third-order valence-corrected chi connectivity index (χ3v) is 5.29. The van der Waals surface area contributed by atoms with E-state index >= 15 is 0 Å². The molecule has 1 N–H and O–H groups in total. The Hall–Kier alpha value is -1.04. The van der Waals surface area contributed by atoms with Crippen LogP contribution in [-0.2, 0) is 20.8 Å². The molecule has 1 fully saturated rings. The second kappa shape index (κ2) is 9.30. The average Bonchev–Trinajstić information content (AvgIpc) is 2.89. The molecule has 0 radical (unpaired) electrons. The van der Waals surface area contributed by atoms with Crippen molar-refractivity contribution < 1.29 is 14.3 Å². The van der Waals surface area contributed by atoms with Crippen molar-refractivity contribution in [3.05, 3.63) is 35.9 Å². The Kier molecular flexibility index (Phi) is 7.40. The number of carbonyl (C=O) groups excluding carboxylic acids is 1. The molecule has 0 aliphatic carbocycles. The van der Waals surface area contributed by atoms with E-state index in [1.165, 1.54) is 0 Å². The first kappa shape index (κ1) is 18.3. The monoisotopic (exact) mass is 337 g/mol. The van der Waals surface area contributed by atoms with Crippen molar-refractivity contribution in [3.63, 3.8) is 0 Å². The molecule has 1 aliphatic heterocycles. The van der Waals surface area contributed by atoms with E-state index in [-0.39, 0.29) is 23.4 Å². The third-order valence-electron chi connectivity index (χ3n) is 3.97. The molecule has 3 atom stereocenters. The van der Waals surface area contributed by atoms with Crippen molar-refractivity contribution in [1.29, 1.82) is 0 Å². The lowest BCUT2D eigenvalue weighted by molar-refractivity contribution is -0.130. The van der Waals surface area contributed by atoms with E-state index in [9.17, 15) is 4.79 Å². The van der Waals surface area contributed by atoms with Gasteiger partial charge in [0, 0.05) is 6.54 Å². The lowest BCUT2D eigenvalue weighted by atomic mass is 10.2. The van der Waals surface area contributed by atoms with Gasteiger partial charge in [0.05, 0.1) is 12.2 Å². The van der Waals surface area contributed by atoms with Crippen LogP contribution in [0.4, 0.5) is 0 Å². The minimum absolute atomic E-state index is 0.0127. The van der Waals surface area contributed by atoms with Gasteiger partial charge in [-0.15, -0.1) is 11.8 Å². The molecule has 1 unspecified atom stereocenters. The molecule has 2 rings (SSSR count). The third kappa shape index (κ3) is 5.52. The summed E-state index contributed by atoms with van der Waals surface area (Å²) in [6.07, 6.45) is 1.79. The minimum Gasteiger partial charge on any atom is -0.351 e. The molecule has 23 heavy (non-hydrogen) atoms. The quantitative estimate of drug-likeness (QED) is 0.739. The number of carbonyl (C=O) groups is 1. The summed E-state index contributed by atoms with van der Waals surface area (Å²) in [5.41, 5.74) is 1.09. The first-order valence-electron chi connectivity index (χ1n) is 8.36. The van der Waals surface area contributed by atoms with Crippen LogP contribution < -0.4 is 5.32 Å². The summed E-state index contributed by atoms with van der Waals surface area (Å²) in [6, 6.07) is 9.93. The number of hydrogen-bond donors (Lipinski definition) is 1. The first-order chi connectivity index (χ1) is 11.1. The van der Waals surface area contributed by atoms with E-state index in [1.807, 2.05) is 44.2 Å². The smallest absolute Gasteiger partial charge is 0.238 e. The van der Waals surface area contributed by atoms with Crippen LogP contribution in [0.3, 0.4) is 0 Å². The van der Waals surface area contributed by atoms with Crippen molar-refractivity contribution >= 4 is 17.7 Å². The topological polar surface area (TPSA) is 47.6 Å². The van der Waals surface area contributed by atoms with E-state index in [2.05, 4.69) is 12.2 Å². The maximum Gasteiger partial charge on any atom is 0.238 e. The van der Waals surface area contributed by atoms with Crippen LogP contribution >= 0.6 is 11.8 Å². The SMILES string of the molecule is CCCCSC(C(=O)NCc1ccccc1)C1O[C@@H](C)[C@H](C)O1. The molecule has 4 nitrogen and oxygen atoms in total. The van der Waals surface area contributed by atoms with Gasteiger partial charge in [0.1, 0.15) is 5.25 Å². The molecule has 1 aromatic rings. The summed E-state index contributed by atoms with van der Waals surface area (Å²) in [7, 11) is 0. The molecular formula is C18H27NO3S. The fraction of sp³-hybridized carbons (Fsp3) is 0.611. The van der Waals surface area contributed by atoms with E-state index < -0.39 is 6.29 Å². The normalized spacial score (nSPS) is 22.9. The van der Waals surface area contributed by atoms with Crippen LogP contribution in [0.1, 0.15) is 39.2 Å². The largest absolute Gasteiger partial charge is 0.351 e. The molecule has 1 aliphatic rings. The predicted molar refractivity (Wildman–Crippen MR) is 94.3 cm³/mol. The molecule has 1 aromatic carbocycles. The van der Waals surface area contributed by atoms with Gasteiger partial charge in [-0.1, -0.05) is 43.7 Å². The van der Waals surface area contributed by atoms with Gasteiger partial charge in [0.25, 0.3) is 0 Å². The maximum absolute atomic E-state index is 12.6. The zero-order valence-electron chi connectivity index (χ0n) is 14.2. The van der Waals surface area contributed by atoms with Gasteiger partial charge in [-0.05, 0) is 31.6 Å². The van der Waals surface area contributed by atoms with Crippen molar-refractivity contribution in [2.24, 2.45) is 0 Å². The van der Waals surface area contributed by atoms with Crippen molar-refractivity contribution in [3.8, 4) is 0 Å². The molecule has 0 aromatic heterocycles. The van der Waals surface area contributed by atoms with Crippen molar-refractivity contribution in [1.82, 2.24) is 5.32 Å². The molecule has 1 heterocycles. The minimum atomic E-state index is -0.461.